The van der Waals surface area contributed by atoms with Crippen LogP contribution in [0.15, 0.2) is 24.3 Å². The minimum atomic E-state index is -5.43. The van der Waals surface area contributed by atoms with Crippen molar-refractivity contribution in [3.63, 3.8) is 0 Å². The molecule has 144 valence electrons. The molecule has 4 nitrogen and oxygen atoms in total. The first-order valence-electron chi connectivity index (χ1n) is 8.06. The lowest BCUT2D eigenvalue weighted by Crippen LogP contribution is -2.40. The number of carbonyl (C=O) groups is 2. The summed E-state index contributed by atoms with van der Waals surface area (Å²) in [4.78, 5) is 24.2. The Hall–Kier alpha value is -2.19. The van der Waals surface area contributed by atoms with E-state index in [0.29, 0.717) is 12.8 Å². The van der Waals surface area contributed by atoms with Gasteiger partial charge < -0.3 is 9.47 Å². The number of rotatable bonds is 5. The zero-order chi connectivity index (χ0) is 19.3. The molecule has 1 aromatic rings. The third-order valence-corrected chi connectivity index (χ3v) is 3.98. The summed E-state index contributed by atoms with van der Waals surface area (Å²) in [6.45, 7) is 0. The highest BCUT2D eigenvalue weighted by atomic mass is 19.4. The lowest BCUT2D eigenvalue weighted by atomic mass is 9.97. The fourth-order valence-corrected chi connectivity index (χ4v) is 2.68. The number of benzene rings is 1. The summed E-state index contributed by atoms with van der Waals surface area (Å²) >= 11 is 0. The Morgan fingerprint density at radius 3 is 2.00 bits per heavy atom. The minimum absolute atomic E-state index is 0.321. The molecule has 0 radical (unpaired) electrons. The van der Waals surface area contributed by atoms with Crippen LogP contribution in [0.4, 0.5) is 22.0 Å². The molecule has 1 aliphatic carbocycles. The standard InChI is InChI=1S/C17H17F5O4/c18-14(19)13(17(20,21)22)26-16(24)12-9-5-4-8-11(12)15(23)25-10-6-2-1-3-7-10/h4-5,8-10,13-14H,1-3,6-7H2. The average molecular weight is 380 g/mol. The fourth-order valence-electron chi connectivity index (χ4n) is 2.68. The highest BCUT2D eigenvalue weighted by molar-refractivity contribution is 6.03. The molecule has 9 heteroatoms. The Kier molecular flexibility index (Phi) is 6.55. The number of ether oxygens (including phenoxy) is 2. The maximum Gasteiger partial charge on any atom is 0.431 e. The van der Waals surface area contributed by atoms with Gasteiger partial charge in [-0.3, -0.25) is 0 Å². The number of hydrogen-bond donors (Lipinski definition) is 0. The summed E-state index contributed by atoms with van der Waals surface area (Å²) < 4.78 is 72.0. The second-order valence-corrected chi connectivity index (χ2v) is 5.91. The van der Waals surface area contributed by atoms with Gasteiger partial charge in [-0.1, -0.05) is 18.6 Å². The molecular weight excluding hydrogens is 363 g/mol. The van der Waals surface area contributed by atoms with Crippen LogP contribution >= 0.6 is 0 Å². The molecule has 0 heterocycles. The third kappa shape index (κ3) is 5.15. The maximum absolute atomic E-state index is 12.6. The highest BCUT2D eigenvalue weighted by Gasteiger charge is 2.49. The summed E-state index contributed by atoms with van der Waals surface area (Å²) in [5.74, 6) is -2.56. The van der Waals surface area contributed by atoms with Gasteiger partial charge in [-0.2, -0.15) is 13.2 Å². The van der Waals surface area contributed by atoms with Crippen LogP contribution in [0.1, 0.15) is 52.8 Å². The van der Waals surface area contributed by atoms with Gasteiger partial charge in [-0.05, 0) is 37.8 Å². The van der Waals surface area contributed by atoms with E-state index in [0.717, 1.165) is 25.3 Å². The van der Waals surface area contributed by atoms with E-state index < -0.39 is 36.2 Å². The van der Waals surface area contributed by atoms with Crippen LogP contribution in [-0.4, -0.2) is 36.7 Å². The van der Waals surface area contributed by atoms with Gasteiger partial charge in [0.05, 0.1) is 11.1 Å². The molecular formula is C17H17F5O4. The summed E-state index contributed by atoms with van der Waals surface area (Å²) in [7, 11) is 0. The smallest absolute Gasteiger partial charge is 0.431 e. The van der Waals surface area contributed by atoms with Gasteiger partial charge in [0.25, 0.3) is 12.5 Å². The Morgan fingerprint density at radius 1 is 0.962 bits per heavy atom. The molecule has 26 heavy (non-hydrogen) atoms. The van der Waals surface area contributed by atoms with Gasteiger partial charge in [-0.15, -0.1) is 0 Å². The van der Waals surface area contributed by atoms with Crippen LogP contribution in [0.2, 0.25) is 0 Å². The van der Waals surface area contributed by atoms with E-state index in [1.807, 2.05) is 0 Å². The van der Waals surface area contributed by atoms with Crippen molar-refractivity contribution in [2.75, 3.05) is 0 Å². The van der Waals surface area contributed by atoms with Gasteiger partial charge in [0.1, 0.15) is 6.10 Å². The van der Waals surface area contributed by atoms with Crippen molar-refractivity contribution in [1.82, 2.24) is 0 Å². The molecule has 0 N–H and O–H groups in total. The molecule has 1 fully saturated rings. The van der Waals surface area contributed by atoms with Crippen LogP contribution in [0, 0.1) is 0 Å². The first-order valence-corrected chi connectivity index (χ1v) is 8.06. The van der Waals surface area contributed by atoms with Crippen molar-refractivity contribution in [3.8, 4) is 0 Å². The van der Waals surface area contributed by atoms with E-state index in [1.54, 1.807) is 0 Å². The first-order chi connectivity index (χ1) is 12.2. The normalized spacial score (nSPS) is 17.0. The van der Waals surface area contributed by atoms with Crippen molar-refractivity contribution in [3.05, 3.63) is 35.4 Å². The Labute approximate surface area is 146 Å². The summed E-state index contributed by atoms with van der Waals surface area (Å²) in [5.41, 5.74) is -0.874. The van der Waals surface area contributed by atoms with Gasteiger partial charge in [-0.25, -0.2) is 18.4 Å². The van der Waals surface area contributed by atoms with Crippen LogP contribution < -0.4 is 0 Å². The molecule has 0 amide bonds. The number of halogens is 5. The maximum atomic E-state index is 12.6. The van der Waals surface area contributed by atoms with Crippen LogP contribution in [0.25, 0.3) is 0 Å². The van der Waals surface area contributed by atoms with Crippen molar-refractivity contribution in [1.29, 1.82) is 0 Å². The largest absolute Gasteiger partial charge is 0.459 e. The third-order valence-electron chi connectivity index (χ3n) is 3.98. The number of esters is 2. The van der Waals surface area contributed by atoms with Crippen molar-refractivity contribution in [2.45, 2.75) is 56.9 Å². The lowest BCUT2D eigenvalue weighted by Gasteiger charge is -2.23. The molecule has 0 saturated heterocycles. The summed E-state index contributed by atoms with van der Waals surface area (Å²) in [6, 6.07) is 4.85. The predicted molar refractivity (Wildman–Crippen MR) is 80.0 cm³/mol. The van der Waals surface area contributed by atoms with Gasteiger partial charge in [0.15, 0.2) is 0 Å². The van der Waals surface area contributed by atoms with Crippen LogP contribution in [0.3, 0.4) is 0 Å². The number of alkyl halides is 5. The van der Waals surface area contributed by atoms with Gasteiger partial charge in [0.2, 0.25) is 0 Å². The number of carbonyl (C=O) groups excluding carboxylic acids is 2. The van der Waals surface area contributed by atoms with E-state index in [9.17, 15) is 31.5 Å². The zero-order valence-corrected chi connectivity index (χ0v) is 13.6. The zero-order valence-electron chi connectivity index (χ0n) is 13.6. The van der Waals surface area contributed by atoms with Crippen molar-refractivity contribution < 1.29 is 41.0 Å². The summed E-state index contributed by atoms with van der Waals surface area (Å²) in [6.07, 6.45) is -9.21. The second kappa shape index (κ2) is 8.46. The minimum Gasteiger partial charge on any atom is -0.459 e. The molecule has 0 bridgehead atoms. The van der Waals surface area contributed by atoms with E-state index in [4.69, 9.17) is 4.74 Å². The van der Waals surface area contributed by atoms with E-state index in [2.05, 4.69) is 4.74 Å². The quantitative estimate of drug-likeness (QED) is 0.556. The predicted octanol–water partition coefficient (Wildman–Crippen LogP) is 4.53. The van der Waals surface area contributed by atoms with Gasteiger partial charge in [0, 0.05) is 0 Å². The molecule has 1 aromatic carbocycles. The molecule has 0 spiro atoms. The molecule has 1 unspecified atom stereocenters. The topological polar surface area (TPSA) is 52.6 Å². The van der Waals surface area contributed by atoms with E-state index in [-0.39, 0.29) is 11.7 Å². The highest BCUT2D eigenvalue weighted by Crippen LogP contribution is 2.29. The van der Waals surface area contributed by atoms with Crippen LogP contribution in [0.5, 0.6) is 0 Å². The number of hydrogen-bond acceptors (Lipinski definition) is 4. The Bertz CT molecular complexity index is 638. The van der Waals surface area contributed by atoms with E-state index in [1.165, 1.54) is 18.2 Å². The SMILES string of the molecule is O=C(OC1CCCCC1)c1ccccc1C(=O)OC(C(F)F)C(F)(F)F. The van der Waals surface area contributed by atoms with Crippen LogP contribution in [-0.2, 0) is 9.47 Å². The Balaban J connectivity index is 2.16. The second-order valence-electron chi connectivity index (χ2n) is 5.91. The molecule has 1 atom stereocenters. The monoisotopic (exact) mass is 380 g/mol. The average Bonchev–Trinajstić information content (AvgIpc) is 2.59. The van der Waals surface area contributed by atoms with Crippen molar-refractivity contribution >= 4 is 11.9 Å². The molecule has 0 aromatic heterocycles. The van der Waals surface area contributed by atoms with Crippen molar-refractivity contribution in [2.24, 2.45) is 0 Å². The molecule has 1 aliphatic rings. The van der Waals surface area contributed by atoms with E-state index >= 15 is 0 Å². The van der Waals surface area contributed by atoms with Gasteiger partial charge >= 0.3 is 18.1 Å². The fraction of sp³-hybridized carbons (Fsp3) is 0.529. The Morgan fingerprint density at radius 2 is 1.50 bits per heavy atom. The first kappa shape index (κ1) is 20.1. The lowest BCUT2D eigenvalue weighted by molar-refractivity contribution is -0.236. The molecule has 1 saturated carbocycles. The summed E-state index contributed by atoms with van der Waals surface area (Å²) in [5, 5.41) is 0. The molecule has 2 rings (SSSR count). The molecule has 0 aliphatic heterocycles.